The van der Waals surface area contributed by atoms with E-state index in [-0.39, 0.29) is 17.2 Å². The maximum Gasteiger partial charge on any atom is 0.347 e. The number of hydrogen-bond donors (Lipinski definition) is 3. The molecule has 0 aliphatic rings. The van der Waals surface area contributed by atoms with E-state index < -0.39 is 11.6 Å². The number of aromatic amines is 1. The second-order valence-electron chi connectivity index (χ2n) is 6.10. The Morgan fingerprint density at radius 2 is 1.86 bits per heavy atom. The molecule has 0 atom stereocenters. The largest absolute Gasteiger partial charge is 0.497 e. The number of hydrogen-bond acceptors (Lipinski definition) is 6. The Bertz CT molecular complexity index is 1260. The maximum atomic E-state index is 12.3. The lowest BCUT2D eigenvalue weighted by atomic mass is 10.2. The lowest BCUT2D eigenvalue weighted by Crippen LogP contribution is -2.33. The SMILES string of the molecule is COc1ccc(-n2cnc3c(C(=N)NC(=O)c4ccccc4)[nH]c(=O)nc32)cc1. The summed E-state index contributed by atoms with van der Waals surface area (Å²) in [5.41, 5.74) is 1.11. The summed E-state index contributed by atoms with van der Waals surface area (Å²) in [4.78, 5) is 35.2. The van der Waals surface area contributed by atoms with E-state index >= 15 is 0 Å². The van der Waals surface area contributed by atoms with Crippen LogP contribution in [0.2, 0.25) is 0 Å². The Hall–Kier alpha value is -4.27. The molecule has 9 heteroatoms. The molecule has 0 radical (unpaired) electrons. The van der Waals surface area contributed by atoms with Gasteiger partial charge >= 0.3 is 5.69 Å². The first kappa shape index (κ1) is 18.1. The zero-order valence-corrected chi connectivity index (χ0v) is 15.3. The van der Waals surface area contributed by atoms with E-state index in [1.807, 2.05) is 0 Å². The first-order valence-corrected chi connectivity index (χ1v) is 8.64. The zero-order chi connectivity index (χ0) is 20.4. The summed E-state index contributed by atoms with van der Waals surface area (Å²) in [6.07, 6.45) is 1.50. The van der Waals surface area contributed by atoms with Gasteiger partial charge in [0, 0.05) is 11.3 Å². The molecule has 9 nitrogen and oxygen atoms in total. The van der Waals surface area contributed by atoms with Crippen molar-refractivity contribution >= 4 is 22.9 Å². The third-order valence-corrected chi connectivity index (χ3v) is 4.29. The van der Waals surface area contributed by atoms with E-state index in [2.05, 4.69) is 20.3 Å². The minimum Gasteiger partial charge on any atom is -0.497 e. The molecule has 2 aromatic carbocycles. The molecular weight excluding hydrogens is 372 g/mol. The van der Waals surface area contributed by atoms with Crippen LogP contribution >= 0.6 is 0 Å². The van der Waals surface area contributed by atoms with Crippen LogP contribution in [0.25, 0.3) is 16.9 Å². The Morgan fingerprint density at radius 3 is 2.55 bits per heavy atom. The molecule has 3 N–H and O–H groups in total. The number of carbonyl (C=O) groups excluding carboxylic acids is 1. The smallest absolute Gasteiger partial charge is 0.347 e. The third kappa shape index (κ3) is 3.48. The number of amidine groups is 1. The van der Waals surface area contributed by atoms with E-state index in [0.29, 0.717) is 16.8 Å². The summed E-state index contributed by atoms with van der Waals surface area (Å²) in [6, 6.07) is 15.6. The molecule has 0 aliphatic carbocycles. The normalized spacial score (nSPS) is 10.7. The topological polar surface area (TPSA) is 126 Å². The highest BCUT2D eigenvalue weighted by molar-refractivity contribution is 6.14. The molecule has 2 aromatic heterocycles. The standard InChI is InChI=1S/C20H16N6O3/c1-29-14-9-7-13(8-10-14)26-11-22-16-15(23-20(28)25-18(16)26)17(21)24-19(27)12-5-3-2-4-6-12/h2-11H,1H3,(H2,21,24,27)(H,23,25,28). The molecule has 144 valence electrons. The number of H-pyrrole nitrogens is 1. The van der Waals surface area contributed by atoms with Crippen molar-refractivity contribution < 1.29 is 9.53 Å². The van der Waals surface area contributed by atoms with E-state index in [1.54, 1.807) is 66.3 Å². The molecule has 4 aromatic rings. The summed E-state index contributed by atoms with van der Waals surface area (Å²) in [7, 11) is 1.57. The van der Waals surface area contributed by atoms with Gasteiger partial charge in [-0.3, -0.25) is 14.8 Å². The number of fused-ring (bicyclic) bond motifs is 1. The lowest BCUT2D eigenvalue weighted by molar-refractivity contribution is 0.0977. The summed E-state index contributed by atoms with van der Waals surface area (Å²) in [5, 5.41) is 10.7. The van der Waals surface area contributed by atoms with Gasteiger partial charge in [-0.25, -0.2) is 9.78 Å². The molecule has 0 spiro atoms. The van der Waals surface area contributed by atoms with Gasteiger partial charge in [0.15, 0.2) is 11.5 Å². The molecule has 2 heterocycles. The van der Waals surface area contributed by atoms with Crippen molar-refractivity contribution in [2.45, 2.75) is 0 Å². The van der Waals surface area contributed by atoms with Crippen molar-refractivity contribution in [3.05, 3.63) is 82.7 Å². The summed E-state index contributed by atoms with van der Waals surface area (Å²) in [6.45, 7) is 0. The molecule has 0 saturated heterocycles. The van der Waals surface area contributed by atoms with Crippen LogP contribution in [0, 0.1) is 5.41 Å². The molecule has 4 rings (SSSR count). The third-order valence-electron chi connectivity index (χ3n) is 4.29. The molecule has 29 heavy (non-hydrogen) atoms. The van der Waals surface area contributed by atoms with Crippen molar-refractivity contribution in [3.63, 3.8) is 0 Å². The van der Waals surface area contributed by atoms with Crippen LogP contribution in [-0.2, 0) is 0 Å². The number of benzene rings is 2. The first-order chi connectivity index (χ1) is 14.1. The minimum absolute atomic E-state index is 0.0801. The van der Waals surface area contributed by atoms with Crippen LogP contribution in [0.3, 0.4) is 0 Å². The number of nitrogens with zero attached hydrogens (tertiary/aromatic N) is 3. The quantitative estimate of drug-likeness (QED) is 0.363. The maximum absolute atomic E-state index is 12.3. The van der Waals surface area contributed by atoms with Gasteiger partial charge in [-0.15, -0.1) is 0 Å². The average molecular weight is 388 g/mol. The lowest BCUT2D eigenvalue weighted by Gasteiger charge is -2.08. The van der Waals surface area contributed by atoms with Gasteiger partial charge in [-0.05, 0) is 36.4 Å². The number of aromatic nitrogens is 4. The summed E-state index contributed by atoms with van der Waals surface area (Å²) >= 11 is 0. The first-order valence-electron chi connectivity index (χ1n) is 8.64. The number of amides is 1. The van der Waals surface area contributed by atoms with Gasteiger partial charge in [0.25, 0.3) is 5.91 Å². The van der Waals surface area contributed by atoms with Crippen molar-refractivity contribution in [2.24, 2.45) is 0 Å². The van der Waals surface area contributed by atoms with Crippen LogP contribution < -0.4 is 15.7 Å². The fraction of sp³-hybridized carbons (Fsp3) is 0.0500. The van der Waals surface area contributed by atoms with Crippen LogP contribution in [0.4, 0.5) is 0 Å². The second-order valence-corrected chi connectivity index (χ2v) is 6.10. The Labute approximate surface area is 164 Å². The Kier molecular flexibility index (Phi) is 4.62. The van der Waals surface area contributed by atoms with Crippen molar-refractivity contribution in [1.82, 2.24) is 24.8 Å². The van der Waals surface area contributed by atoms with Crippen LogP contribution in [0.5, 0.6) is 5.75 Å². The Morgan fingerprint density at radius 1 is 1.14 bits per heavy atom. The highest BCUT2D eigenvalue weighted by Gasteiger charge is 2.17. The van der Waals surface area contributed by atoms with E-state index in [0.717, 1.165) is 5.69 Å². The number of methoxy groups -OCH3 is 1. The van der Waals surface area contributed by atoms with Gasteiger partial charge in [0.1, 0.15) is 23.3 Å². The van der Waals surface area contributed by atoms with Gasteiger partial charge in [-0.1, -0.05) is 18.2 Å². The Balaban J connectivity index is 1.72. The molecule has 0 unspecified atom stereocenters. The number of rotatable bonds is 4. The molecule has 0 fully saturated rings. The number of carbonyl (C=O) groups is 1. The van der Waals surface area contributed by atoms with Gasteiger partial charge in [0.2, 0.25) is 0 Å². The monoisotopic (exact) mass is 388 g/mol. The van der Waals surface area contributed by atoms with E-state index in [1.165, 1.54) is 6.33 Å². The fourth-order valence-corrected chi connectivity index (χ4v) is 2.87. The van der Waals surface area contributed by atoms with Gasteiger partial charge in [0.05, 0.1) is 7.11 Å². The predicted octanol–water partition coefficient (Wildman–Crippen LogP) is 1.87. The molecule has 0 aliphatic heterocycles. The van der Waals surface area contributed by atoms with Crippen molar-refractivity contribution in [2.75, 3.05) is 7.11 Å². The predicted molar refractivity (Wildman–Crippen MR) is 107 cm³/mol. The molecular formula is C20H16N6O3. The minimum atomic E-state index is -0.651. The van der Waals surface area contributed by atoms with E-state index in [4.69, 9.17) is 10.1 Å². The average Bonchev–Trinajstić information content (AvgIpc) is 3.17. The van der Waals surface area contributed by atoms with Crippen molar-refractivity contribution in [1.29, 1.82) is 5.41 Å². The second kappa shape index (κ2) is 7.39. The highest BCUT2D eigenvalue weighted by Crippen LogP contribution is 2.19. The molecule has 1 amide bonds. The van der Waals surface area contributed by atoms with Crippen LogP contribution in [0.1, 0.15) is 16.1 Å². The number of nitrogens with one attached hydrogen (secondary N) is 3. The number of ether oxygens (including phenoxy) is 1. The molecule has 0 saturated carbocycles. The molecule has 0 bridgehead atoms. The summed E-state index contributed by atoms with van der Waals surface area (Å²) < 4.78 is 6.78. The van der Waals surface area contributed by atoms with E-state index in [9.17, 15) is 9.59 Å². The number of imidazole rings is 1. The zero-order valence-electron chi connectivity index (χ0n) is 15.3. The summed E-state index contributed by atoms with van der Waals surface area (Å²) in [5.74, 6) is -0.0469. The highest BCUT2D eigenvalue weighted by atomic mass is 16.5. The van der Waals surface area contributed by atoms with Crippen molar-refractivity contribution in [3.8, 4) is 11.4 Å². The van der Waals surface area contributed by atoms with Gasteiger partial charge < -0.3 is 15.0 Å². The van der Waals surface area contributed by atoms with Gasteiger partial charge in [-0.2, -0.15) is 4.98 Å². The fourth-order valence-electron chi connectivity index (χ4n) is 2.87. The van der Waals surface area contributed by atoms with Crippen LogP contribution in [-0.4, -0.2) is 38.4 Å². The van der Waals surface area contributed by atoms with Crippen LogP contribution in [0.15, 0.2) is 65.7 Å².